The fourth-order valence-corrected chi connectivity index (χ4v) is 3.64. The van der Waals surface area contributed by atoms with Crippen molar-refractivity contribution in [2.75, 3.05) is 20.1 Å². The minimum Gasteiger partial charge on any atom is -0.487 e. The van der Waals surface area contributed by atoms with Gasteiger partial charge in [0.15, 0.2) is 0 Å². The van der Waals surface area contributed by atoms with Crippen LogP contribution in [0.1, 0.15) is 44.2 Å². The maximum Gasteiger partial charge on any atom is 0.127 e. The lowest BCUT2D eigenvalue weighted by molar-refractivity contribution is 0.134. The van der Waals surface area contributed by atoms with E-state index in [0.717, 1.165) is 25.3 Å². The second kappa shape index (κ2) is 7.20. The van der Waals surface area contributed by atoms with Gasteiger partial charge in [0.05, 0.1) is 0 Å². The summed E-state index contributed by atoms with van der Waals surface area (Å²) in [6.07, 6.45) is 4.85. The van der Waals surface area contributed by atoms with E-state index in [4.69, 9.17) is 4.74 Å². The van der Waals surface area contributed by atoms with E-state index in [1.54, 1.807) is 0 Å². The van der Waals surface area contributed by atoms with E-state index >= 15 is 0 Å². The standard InChI is InChI=1S/C18H28N2O.ClH/c1-18(2)12-14-6-4-7-15(17(14)21-18)13-20(3)16-8-5-10-19-11-9-16;/h4,6-7,16,19H,5,8-13H2,1-3H3;1H. The predicted octanol–water partition coefficient (Wildman–Crippen LogP) is 3.40. The molecule has 1 N–H and O–H groups in total. The van der Waals surface area contributed by atoms with E-state index in [9.17, 15) is 0 Å². The minimum absolute atomic E-state index is 0. The summed E-state index contributed by atoms with van der Waals surface area (Å²) in [6, 6.07) is 7.31. The van der Waals surface area contributed by atoms with Crippen molar-refractivity contribution in [1.82, 2.24) is 10.2 Å². The molecule has 1 fully saturated rings. The molecule has 0 amide bonds. The summed E-state index contributed by atoms with van der Waals surface area (Å²) in [6.45, 7) is 7.66. The molecule has 3 rings (SSSR count). The zero-order valence-electron chi connectivity index (χ0n) is 14.0. The summed E-state index contributed by atoms with van der Waals surface area (Å²) >= 11 is 0. The molecule has 2 aliphatic rings. The molecule has 0 spiro atoms. The van der Waals surface area contributed by atoms with Crippen LogP contribution in [0.4, 0.5) is 0 Å². The number of hydrogen-bond donors (Lipinski definition) is 1. The van der Waals surface area contributed by atoms with Gasteiger partial charge in [0.25, 0.3) is 0 Å². The quantitative estimate of drug-likeness (QED) is 0.922. The number of rotatable bonds is 3. The molecule has 0 saturated carbocycles. The molecule has 4 heteroatoms. The van der Waals surface area contributed by atoms with Crippen LogP contribution in [0, 0.1) is 0 Å². The minimum atomic E-state index is -0.0523. The summed E-state index contributed by atoms with van der Waals surface area (Å²) in [5, 5.41) is 3.50. The van der Waals surface area contributed by atoms with Crippen molar-refractivity contribution < 1.29 is 4.74 Å². The monoisotopic (exact) mass is 324 g/mol. The van der Waals surface area contributed by atoms with Gasteiger partial charge in [0, 0.05) is 24.6 Å². The van der Waals surface area contributed by atoms with E-state index in [1.165, 1.54) is 36.9 Å². The molecule has 0 radical (unpaired) electrons. The number of fused-ring (bicyclic) bond motifs is 1. The molecule has 0 aliphatic carbocycles. The fraction of sp³-hybridized carbons (Fsp3) is 0.667. The van der Waals surface area contributed by atoms with Crippen molar-refractivity contribution >= 4 is 12.4 Å². The first-order valence-electron chi connectivity index (χ1n) is 8.26. The molecule has 22 heavy (non-hydrogen) atoms. The van der Waals surface area contributed by atoms with Crippen LogP contribution in [-0.2, 0) is 13.0 Å². The maximum absolute atomic E-state index is 6.20. The van der Waals surface area contributed by atoms with Crippen molar-refractivity contribution in [3.8, 4) is 5.75 Å². The van der Waals surface area contributed by atoms with Crippen molar-refractivity contribution in [2.45, 2.75) is 57.7 Å². The lowest BCUT2D eigenvalue weighted by Gasteiger charge is -2.27. The van der Waals surface area contributed by atoms with E-state index in [0.29, 0.717) is 6.04 Å². The van der Waals surface area contributed by atoms with Crippen LogP contribution in [0.5, 0.6) is 5.75 Å². The topological polar surface area (TPSA) is 24.5 Å². The summed E-state index contributed by atoms with van der Waals surface area (Å²) in [7, 11) is 2.26. The largest absolute Gasteiger partial charge is 0.487 e. The number of nitrogens with one attached hydrogen (secondary N) is 1. The average molecular weight is 325 g/mol. The summed E-state index contributed by atoms with van der Waals surface area (Å²) < 4.78 is 6.20. The van der Waals surface area contributed by atoms with Gasteiger partial charge in [0.1, 0.15) is 11.4 Å². The second-order valence-electron chi connectivity index (χ2n) is 7.19. The van der Waals surface area contributed by atoms with Crippen LogP contribution in [0.15, 0.2) is 18.2 Å². The van der Waals surface area contributed by atoms with Crippen molar-refractivity contribution in [3.63, 3.8) is 0 Å². The fourth-order valence-electron chi connectivity index (χ4n) is 3.64. The van der Waals surface area contributed by atoms with Gasteiger partial charge in [-0.2, -0.15) is 0 Å². The highest BCUT2D eigenvalue weighted by Gasteiger charge is 2.32. The van der Waals surface area contributed by atoms with Gasteiger partial charge in [-0.1, -0.05) is 18.2 Å². The Kier molecular flexibility index (Phi) is 5.76. The van der Waals surface area contributed by atoms with Gasteiger partial charge in [-0.3, -0.25) is 4.90 Å². The molecule has 1 unspecified atom stereocenters. The highest BCUT2D eigenvalue weighted by Crippen LogP contribution is 2.38. The van der Waals surface area contributed by atoms with Gasteiger partial charge in [-0.15, -0.1) is 12.4 Å². The highest BCUT2D eigenvalue weighted by atomic mass is 35.5. The number of para-hydroxylation sites is 1. The number of benzene rings is 1. The highest BCUT2D eigenvalue weighted by molar-refractivity contribution is 5.85. The van der Waals surface area contributed by atoms with Gasteiger partial charge in [-0.05, 0) is 58.8 Å². The first-order valence-corrected chi connectivity index (χ1v) is 8.26. The van der Waals surface area contributed by atoms with E-state index in [1.807, 2.05) is 0 Å². The zero-order chi connectivity index (χ0) is 14.9. The van der Waals surface area contributed by atoms with Gasteiger partial charge in [-0.25, -0.2) is 0 Å². The molecule has 1 atom stereocenters. The molecule has 124 valence electrons. The van der Waals surface area contributed by atoms with Gasteiger partial charge < -0.3 is 10.1 Å². The molecular formula is C18H29ClN2O. The zero-order valence-corrected chi connectivity index (χ0v) is 14.8. The Labute approximate surface area is 140 Å². The lowest BCUT2D eigenvalue weighted by Crippen LogP contribution is -2.32. The van der Waals surface area contributed by atoms with Crippen molar-refractivity contribution in [1.29, 1.82) is 0 Å². The Hall–Kier alpha value is -0.770. The third-order valence-electron chi connectivity index (χ3n) is 4.76. The molecule has 0 aromatic heterocycles. The Morgan fingerprint density at radius 3 is 2.91 bits per heavy atom. The normalized spacial score (nSPS) is 23.4. The van der Waals surface area contributed by atoms with Crippen LogP contribution >= 0.6 is 12.4 Å². The summed E-state index contributed by atoms with van der Waals surface area (Å²) in [5.41, 5.74) is 2.66. The third-order valence-corrected chi connectivity index (χ3v) is 4.76. The number of hydrogen-bond acceptors (Lipinski definition) is 3. The molecule has 1 saturated heterocycles. The first kappa shape index (κ1) is 17.6. The first-order chi connectivity index (χ1) is 10.1. The summed E-state index contributed by atoms with van der Waals surface area (Å²) in [4.78, 5) is 2.51. The Morgan fingerprint density at radius 1 is 1.27 bits per heavy atom. The molecule has 0 bridgehead atoms. The molecule has 2 heterocycles. The Morgan fingerprint density at radius 2 is 2.09 bits per heavy atom. The second-order valence-corrected chi connectivity index (χ2v) is 7.19. The number of halogens is 1. The third kappa shape index (κ3) is 3.95. The van der Waals surface area contributed by atoms with E-state index in [2.05, 4.69) is 49.3 Å². The maximum atomic E-state index is 6.20. The SMILES string of the molecule is CN(Cc1cccc2c1OC(C)(C)C2)C1CCCNCC1.Cl. The van der Waals surface area contributed by atoms with Crippen molar-refractivity contribution in [3.05, 3.63) is 29.3 Å². The Balaban J connectivity index is 0.00000176. The lowest BCUT2D eigenvalue weighted by atomic mass is 10.00. The molecule has 1 aromatic carbocycles. The molecule has 2 aliphatic heterocycles. The van der Waals surface area contributed by atoms with Gasteiger partial charge in [0.2, 0.25) is 0 Å². The van der Waals surface area contributed by atoms with Crippen LogP contribution in [0.2, 0.25) is 0 Å². The average Bonchev–Trinajstić information content (AvgIpc) is 2.63. The molecular weight excluding hydrogens is 296 g/mol. The molecule has 3 nitrogen and oxygen atoms in total. The van der Waals surface area contributed by atoms with Crippen LogP contribution in [0.25, 0.3) is 0 Å². The predicted molar refractivity (Wildman–Crippen MR) is 94.1 cm³/mol. The Bertz CT molecular complexity index is 496. The van der Waals surface area contributed by atoms with Crippen LogP contribution in [0.3, 0.4) is 0 Å². The smallest absolute Gasteiger partial charge is 0.127 e. The van der Waals surface area contributed by atoms with E-state index < -0.39 is 0 Å². The number of ether oxygens (including phenoxy) is 1. The summed E-state index contributed by atoms with van der Waals surface area (Å²) in [5.74, 6) is 1.14. The molecule has 1 aromatic rings. The van der Waals surface area contributed by atoms with Crippen LogP contribution in [-0.4, -0.2) is 36.7 Å². The van der Waals surface area contributed by atoms with Gasteiger partial charge >= 0.3 is 0 Å². The van der Waals surface area contributed by atoms with Crippen molar-refractivity contribution in [2.24, 2.45) is 0 Å². The van der Waals surface area contributed by atoms with Crippen LogP contribution < -0.4 is 10.1 Å². The number of nitrogens with zero attached hydrogens (tertiary/aromatic N) is 1. The van der Waals surface area contributed by atoms with E-state index in [-0.39, 0.29) is 18.0 Å².